The Kier molecular flexibility index (Phi) is 11.7. The minimum atomic E-state index is -1.37. The van der Waals surface area contributed by atoms with Crippen molar-refractivity contribution in [2.45, 2.75) is 7.25 Å². The van der Waals surface area contributed by atoms with Crippen molar-refractivity contribution in [3.63, 3.8) is 0 Å². The van der Waals surface area contributed by atoms with Crippen LogP contribution in [-0.2, 0) is 23.2 Å². The van der Waals surface area contributed by atoms with E-state index in [9.17, 15) is 0 Å². The van der Waals surface area contributed by atoms with E-state index in [-0.39, 0.29) is 24.8 Å². The number of allylic oxidation sites excluding steroid dienone is 2. The second-order valence-corrected chi connectivity index (χ2v) is 21.8. The maximum absolute atomic E-state index is 2.59. The standard InChI is InChI=1S/2C29H19S.2ClH.Zr/c2*1-2-9-21(10-3-1)28-16-17-29(30-28)23-18-22-12-7-15-26(27(22)19-23)25-14-6-11-20-8-4-5-13-24(20)25;;;/h2*1-19H;2*1H;/q;;;;+2/p-2. The fourth-order valence-corrected chi connectivity index (χ4v) is 17.3. The van der Waals surface area contributed by atoms with E-state index in [1.807, 2.05) is 22.7 Å². The number of rotatable bonds is 8. The van der Waals surface area contributed by atoms with E-state index < -0.39 is 23.2 Å². The van der Waals surface area contributed by atoms with Crippen LogP contribution in [0.25, 0.3) is 88.0 Å². The summed E-state index contributed by atoms with van der Waals surface area (Å²) in [7, 11) is 0. The summed E-state index contributed by atoms with van der Waals surface area (Å²) in [4.78, 5) is 5.43. The third-order valence-electron chi connectivity index (χ3n) is 12.5. The first-order valence-corrected chi connectivity index (χ1v) is 25.4. The molecule has 0 radical (unpaired) electrons. The van der Waals surface area contributed by atoms with Crippen LogP contribution >= 0.6 is 22.7 Å². The van der Waals surface area contributed by atoms with Gasteiger partial charge in [-0.3, -0.25) is 0 Å². The van der Waals surface area contributed by atoms with Crippen molar-refractivity contribution in [1.82, 2.24) is 0 Å². The number of hydrogen-bond acceptors (Lipinski definition) is 2. The van der Waals surface area contributed by atoms with Gasteiger partial charge in [-0.25, -0.2) is 0 Å². The van der Waals surface area contributed by atoms with Crippen molar-refractivity contribution < 1.29 is 48.0 Å². The molecule has 10 aromatic rings. The largest absolute Gasteiger partial charge is 1.00 e. The summed E-state index contributed by atoms with van der Waals surface area (Å²) in [5.41, 5.74) is 16.6. The number of halogens is 2. The second-order valence-electron chi connectivity index (χ2n) is 16.0. The van der Waals surface area contributed by atoms with Crippen molar-refractivity contribution in [3.8, 4) is 43.1 Å². The van der Waals surface area contributed by atoms with Crippen molar-refractivity contribution in [2.24, 2.45) is 0 Å². The Bertz CT molecular complexity index is 3120. The van der Waals surface area contributed by atoms with Crippen molar-refractivity contribution in [2.75, 3.05) is 0 Å². The third kappa shape index (κ3) is 7.45. The Balaban J connectivity index is 0.00000236. The number of hydrogen-bond donors (Lipinski definition) is 0. The van der Waals surface area contributed by atoms with Crippen LogP contribution in [0.1, 0.15) is 39.3 Å². The molecular formula is C58H38Cl2S2Zr. The van der Waals surface area contributed by atoms with E-state index in [0.717, 1.165) is 0 Å². The van der Waals surface area contributed by atoms with Crippen LogP contribution < -0.4 is 24.8 Å². The SMILES string of the molecule is C1=C(c2ccc(-c3ccccc3)s2)[CH]([Zr+2][CH]2C(c3ccc(-c4ccccc4)s3)=Cc3c(-c4cccc5ccccc45)cccc32)c2cccc(-c3cccc4ccccc34)c21.[Cl-].[Cl-]. The third-order valence-corrected chi connectivity index (χ3v) is 19.6. The first-order chi connectivity index (χ1) is 30.2. The van der Waals surface area contributed by atoms with Gasteiger partial charge in [-0.05, 0) is 0 Å². The molecule has 63 heavy (non-hydrogen) atoms. The van der Waals surface area contributed by atoms with Crippen LogP contribution in [0.5, 0.6) is 0 Å². The van der Waals surface area contributed by atoms with E-state index in [2.05, 4.69) is 218 Å². The summed E-state index contributed by atoms with van der Waals surface area (Å²) in [5.74, 6) is 0. The molecular weight excluding hydrogens is 923 g/mol. The summed E-state index contributed by atoms with van der Waals surface area (Å²) in [5, 5.41) is 5.18. The van der Waals surface area contributed by atoms with E-state index in [4.69, 9.17) is 0 Å². The van der Waals surface area contributed by atoms with Gasteiger partial charge in [-0.2, -0.15) is 0 Å². The Morgan fingerprint density at radius 2 is 0.683 bits per heavy atom. The molecule has 2 aromatic heterocycles. The van der Waals surface area contributed by atoms with Gasteiger partial charge in [0, 0.05) is 0 Å². The number of thiophene rings is 2. The maximum Gasteiger partial charge on any atom is -1.00 e. The van der Waals surface area contributed by atoms with Crippen LogP contribution in [0, 0.1) is 0 Å². The zero-order chi connectivity index (χ0) is 40.3. The zero-order valence-corrected chi connectivity index (χ0v) is 39.6. The van der Waals surface area contributed by atoms with Gasteiger partial charge >= 0.3 is 379 Å². The van der Waals surface area contributed by atoms with Gasteiger partial charge in [0.15, 0.2) is 0 Å². The second kappa shape index (κ2) is 17.7. The summed E-state index contributed by atoms with van der Waals surface area (Å²) in [6.07, 6.45) is 5.17. The fraction of sp³-hybridized carbons (Fsp3) is 0.0345. The Morgan fingerprint density at radius 3 is 1.14 bits per heavy atom. The maximum atomic E-state index is 2.59. The van der Waals surface area contributed by atoms with Gasteiger partial charge in [0.05, 0.1) is 0 Å². The molecule has 2 aliphatic carbocycles. The predicted molar refractivity (Wildman–Crippen MR) is 260 cm³/mol. The van der Waals surface area contributed by atoms with Crippen LogP contribution in [0.4, 0.5) is 0 Å². The molecule has 0 aliphatic heterocycles. The first kappa shape index (κ1) is 41.6. The monoisotopic (exact) mass is 958 g/mol. The van der Waals surface area contributed by atoms with Gasteiger partial charge in [-0.1, -0.05) is 0 Å². The zero-order valence-electron chi connectivity index (χ0n) is 34.0. The molecule has 2 atom stereocenters. The quantitative estimate of drug-likeness (QED) is 0.142. The summed E-state index contributed by atoms with van der Waals surface area (Å²) >= 11 is 2.53. The molecule has 2 heterocycles. The van der Waals surface area contributed by atoms with Crippen LogP contribution in [-0.4, -0.2) is 0 Å². The predicted octanol–water partition coefficient (Wildman–Crippen LogP) is 10.8. The molecule has 2 aliphatic rings. The first-order valence-electron chi connectivity index (χ1n) is 21.0. The summed E-state index contributed by atoms with van der Waals surface area (Å²) in [6.45, 7) is 0. The van der Waals surface area contributed by atoms with Gasteiger partial charge in [0.25, 0.3) is 0 Å². The minimum absolute atomic E-state index is 0. The average Bonchev–Trinajstić information content (AvgIpc) is 4.15. The van der Waals surface area contributed by atoms with E-state index >= 15 is 0 Å². The van der Waals surface area contributed by atoms with Gasteiger partial charge in [-0.15, -0.1) is 0 Å². The van der Waals surface area contributed by atoms with Gasteiger partial charge in [0.2, 0.25) is 0 Å². The summed E-state index contributed by atoms with van der Waals surface area (Å²) in [6, 6.07) is 76.8. The molecule has 0 amide bonds. The summed E-state index contributed by atoms with van der Waals surface area (Å²) < 4.78 is 0.731. The molecule has 0 saturated carbocycles. The van der Waals surface area contributed by atoms with Gasteiger partial charge in [0.1, 0.15) is 0 Å². The van der Waals surface area contributed by atoms with E-state index in [1.165, 1.54) is 108 Å². The van der Waals surface area contributed by atoms with Crippen LogP contribution in [0.2, 0.25) is 0 Å². The number of fused-ring (bicyclic) bond motifs is 4. The molecule has 0 fully saturated rings. The topological polar surface area (TPSA) is 0 Å². The molecule has 2 unspecified atom stereocenters. The molecule has 300 valence electrons. The molecule has 0 nitrogen and oxygen atoms in total. The smallest absolute Gasteiger partial charge is 1.00 e. The fourth-order valence-electron chi connectivity index (χ4n) is 9.65. The van der Waals surface area contributed by atoms with Gasteiger partial charge < -0.3 is 24.8 Å². The Morgan fingerprint density at radius 1 is 0.317 bits per heavy atom. The Labute approximate surface area is 400 Å². The molecule has 0 saturated heterocycles. The van der Waals surface area contributed by atoms with Crippen molar-refractivity contribution in [1.29, 1.82) is 0 Å². The Hall–Kier alpha value is -5.38. The molecule has 5 heteroatoms. The molecule has 0 N–H and O–H groups in total. The van der Waals surface area contributed by atoms with E-state index in [1.54, 1.807) is 0 Å². The molecule has 12 rings (SSSR count). The van der Waals surface area contributed by atoms with Crippen LogP contribution in [0.15, 0.2) is 206 Å². The minimum Gasteiger partial charge on any atom is -1.00 e. The molecule has 8 aromatic carbocycles. The molecule has 0 bridgehead atoms. The van der Waals surface area contributed by atoms with Crippen LogP contribution in [0.3, 0.4) is 0 Å². The normalized spacial score (nSPS) is 14.9. The van der Waals surface area contributed by atoms with Crippen molar-refractivity contribution in [3.05, 3.63) is 238 Å². The van der Waals surface area contributed by atoms with Crippen molar-refractivity contribution >= 4 is 67.5 Å². The van der Waals surface area contributed by atoms with E-state index in [0.29, 0.717) is 7.25 Å². The molecule has 0 spiro atoms. The number of benzene rings is 8. The average molecular weight is 961 g/mol.